The average molecular weight is 272 g/mol. The van der Waals surface area contributed by atoms with Gasteiger partial charge in [0.15, 0.2) is 0 Å². The number of hydrogen-bond acceptors (Lipinski definition) is 2. The van der Waals surface area contributed by atoms with E-state index in [1.807, 2.05) is 25.1 Å². The Hall–Kier alpha value is -0.870. The van der Waals surface area contributed by atoms with Crippen LogP contribution in [0.3, 0.4) is 0 Å². The van der Waals surface area contributed by atoms with E-state index in [1.54, 1.807) is 0 Å². The van der Waals surface area contributed by atoms with E-state index in [9.17, 15) is 4.79 Å². The van der Waals surface area contributed by atoms with Crippen molar-refractivity contribution in [3.63, 3.8) is 0 Å². The first-order valence-corrected chi connectivity index (χ1v) is 5.56. The Kier molecular flexibility index (Phi) is 4.78. The molecule has 0 aliphatic rings. The minimum absolute atomic E-state index is 0.160. The van der Waals surface area contributed by atoms with E-state index < -0.39 is 5.97 Å². The van der Waals surface area contributed by atoms with Crippen molar-refractivity contribution in [1.29, 1.82) is 0 Å². The van der Waals surface area contributed by atoms with Crippen LogP contribution in [0.2, 0.25) is 0 Å². The van der Waals surface area contributed by atoms with Crippen molar-refractivity contribution < 1.29 is 9.90 Å². The van der Waals surface area contributed by atoms with Gasteiger partial charge in [0.05, 0.1) is 6.42 Å². The fourth-order valence-corrected chi connectivity index (χ4v) is 1.60. The van der Waals surface area contributed by atoms with E-state index in [0.29, 0.717) is 13.1 Å². The maximum Gasteiger partial charge on any atom is 0.304 e. The van der Waals surface area contributed by atoms with Crippen LogP contribution in [-0.2, 0) is 11.3 Å². The number of benzene rings is 1. The highest BCUT2D eigenvalue weighted by atomic mass is 79.9. The zero-order valence-electron chi connectivity index (χ0n) is 8.59. The molecule has 3 nitrogen and oxygen atoms in total. The molecule has 0 aliphatic carbocycles. The summed E-state index contributed by atoms with van der Waals surface area (Å²) in [5.74, 6) is -0.771. The lowest BCUT2D eigenvalue weighted by Crippen LogP contribution is -2.17. The highest BCUT2D eigenvalue weighted by molar-refractivity contribution is 9.10. The predicted molar refractivity (Wildman–Crippen MR) is 62.8 cm³/mol. The largest absolute Gasteiger partial charge is 0.481 e. The van der Waals surface area contributed by atoms with Gasteiger partial charge in [0.1, 0.15) is 0 Å². The summed E-state index contributed by atoms with van der Waals surface area (Å²) in [5, 5.41) is 11.5. The molecule has 1 aromatic rings. The van der Waals surface area contributed by atoms with Crippen LogP contribution in [0.4, 0.5) is 0 Å². The van der Waals surface area contributed by atoms with Gasteiger partial charge in [0.2, 0.25) is 0 Å². The number of carboxylic acid groups (broad SMARTS) is 1. The molecule has 0 bridgehead atoms. The van der Waals surface area contributed by atoms with Crippen LogP contribution >= 0.6 is 15.9 Å². The molecular formula is C11H14BrNO2. The molecule has 1 rings (SSSR count). The number of carboxylic acids is 1. The average Bonchev–Trinajstić information content (AvgIpc) is 2.18. The SMILES string of the molecule is Cc1ccc(CNCCC(=O)O)cc1Br. The molecule has 2 N–H and O–H groups in total. The number of carbonyl (C=O) groups is 1. The van der Waals surface area contributed by atoms with Crippen LogP contribution in [0.25, 0.3) is 0 Å². The number of halogens is 1. The van der Waals surface area contributed by atoms with Crippen molar-refractivity contribution in [2.24, 2.45) is 0 Å². The Bertz CT molecular complexity index is 352. The number of aliphatic carboxylic acids is 1. The quantitative estimate of drug-likeness (QED) is 0.809. The second-order valence-corrected chi connectivity index (χ2v) is 4.26. The van der Waals surface area contributed by atoms with Crippen molar-refractivity contribution >= 4 is 21.9 Å². The lowest BCUT2D eigenvalue weighted by atomic mass is 10.1. The molecule has 0 saturated carbocycles. The molecule has 0 atom stereocenters. The normalized spacial score (nSPS) is 10.3. The van der Waals surface area contributed by atoms with Gasteiger partial charge < -0.3 is 10.4 Å². The van der Waals surface area contributed by atoms with Gasteiger partial charge in [-0.25, -0.2) is 0 Å². The van der Waals surface area contributed by atoms with Gasteiger partial charge in [0, 0.05) is 17.6 Å². The molecular weight excluding hydrogens is 258 g/mol. The van der Waals surface area contributed by atoms with E-state index in [1.165, 1.54) is 5.56 Å². The number of nitrogens with one attached hydrogen (secondary N) is 1. The smallest absolute Gasteiger partial charge is 0.304 e. The topological polar surface area (TPSA) is 49.3 Å². The number of aryl methyl sites for hydroxylation is 1. The molecule has 0 aliphatic heterocycles. The Morgan fingerprint density at radius 1 is 1.53 bits per heavy atom. The van der Waals surface area contributed by atoms with Gasteiger partial charge in [-0.1, -0.05) is 28.1 Å². The summed E-state index contributed by atoms with van der Waals surface area (Å²) in [4.78, 5) is 10.3. The molecule has 82 valence electrons. The standard InChI is InChI=1S/C11H14BrNO2/c1-8-2-3-9(6-10(8)12)7-13-5-4-11(14)15/h2-3,6,13H,4-5,7H2,1H3,(H,14,15). The minimum atomic E-state index is -0.771. The van der Waals surface area contributed by atoms with E-state index in [4.69, 9.17) is 5.11 Å². The molecule has 0 radical (unpaired) electrons. The summed E-state index contributed by atoms with van der Waals surface area (Å²) in [5.41, 5.74) is 2.35. The third-order valence-electron chi connectivity index (χ3n) is 2.08. The lowest BCUT2D eigenvalue weighted by Gasteiger charge is -2.05. The van der Waals surface area contributed by atoms with Crippen LogP contribution in [0.5, 0.6) is 0 Å². The van der Waals surface area contributed by atoms with Crippen molar-refractivity contribution in [3.05, 3.63) is 33.8 Å². The lowest BCUT2D eigenvalue weighted by molar-refractivity contribution is -0.136. The highest BCUT2D eigenvalue weighted by Gasteiger charge is 1.98. The molecule has 0 aromatic heterocycles. The van der Waals surface area contributed by atoms with Crippen LogP contribution in [0.15, 0.2) is 22.7 Å². The number of rotatable bonds is 5. The Morgan fingerprint density at radius 3 is 2.87 bits per heavy atom. The predicted octanol–water partition coefficient (Wildman–Crippen LogP) is 2.32. The zero-order chi connectivity index (χ0) is 11.3. The third-order valence-corrected chi connectivity index (χ3v) is 2.94. The monoisotopic (exact) mass is 271 g/mol. The third kappa shape index (κ3) is 4.44. The molecule has 0 fully saturated rings. The van der Waals surface area contributed by atoms with Crippen LogP contribution in [-0.4, -0.2) is 17.6 Å². The number of hydrogen-bond donors (Lipinski definition) is 2. The van der Waals surface area contributed by atoms with E-state index in [0.717, 1.165) is 10.0 Å². The maximum atomic E-state index is 10.3. The van der Waals surface area contributed by atoms with Crippen molar-refractivity contribution in [2.45, 2.75) is 19.9 Å². The second-order valence-electron chi connectivity index (χ2n) is 3.40. The highest BCUT2D eigenvalue weighted by Crippen LogP contribution is 2.17. The van der Waals surface area contributed by atoms with Crippen LogP contribution in [0, 0.1) is 6.92 Å². The first-order valence-electron chi connectivity index (χ1n) is 4.77. The summed E-state index contributed by atoms with van der Waals surface area (Å²) in [6, 6.07) is 6.12. The van der Waals surface area contributed by atoms with Crippen LogP contribution in [0.1, 0.15) is 17.5 Å². The Balaban J connectivity index is 2.38. The van der Waals surface area contributed by atoms with Gasteiger partial charge in [-0.3, -0.25) is 4.79 Å². The molecule has 0 unspecified atom stereocenters. The second kappa shape index (κ2) is 5.88. The Morgan fingerprint density at radius 2 is 2.27 bits per heavy atom. The van der Waals surface area contributed by atoms with Gasteiger partial charge in [0.25, 0.3) is 0 Å². The first kappa shape index (κ1) is 12.2. The molecule has 0 saturated heterocycles. The van der Waals surface area contributed by atoms with Crippen molar-refractivity contribution in [1.82, 2.24) is 5.32 Å². The van der Waals surface area contributed by atoms with E-state index >= 15 is 0 Å². The summed E-state index contributed by atoms with van der Waals surface area (Å²) in [6.45, 7) is 3.23. The maximum absolute atomic E-state index is 10.3. The minimum Gasteiger partial charge on any atom is -0.481 e. The van der Waals surface area contributed by atoms with Gasteiger partial charge in [-0.15, -0.1) is 0 Å². The molecule has 0 heterocycles. The van der Waals surface area contributed by atoms with Gasteiger partial charge in [-0.2, -0.15) is 0 Å². The summed E-state index contributed by atoms with van der Waals surface area (Å²) in [6.07, 6.45) is 0.160. The molecule has 15 heavy (non-hydrogen) atoms. The Labute approximate surface area is 97.6 Å². The summed E-state index contributed by atoms with van der Waals surface area (Å²) < 4.78 is 1.08. The molecule has 4 heteroatoms. The van der Waals surface area contributed by atoms with Crippen molar-refractivity contribution in [3.8, 4) is 0 Å². The summed E-state index contributed by atoms with van der Waals surface area (Å²) in [7, 11) is 0. The van der Waals surface area contributed by atoms with E-state index in [2.05, 4.69) is 21.2 Å². The van der Waals surface area contributed by atoms with Crippen molar-refractivity contribution in [2.75, 3.05) is 6.54 Å². The fraction of sp³-hybridized carbons (Fsp3) is 0.364. The summed E-state index contributed by atoms with van der Waals surface area (Å²) >= 11 is 3.46. The fourth-order valence-electron chi connectivity index (χ4n) is 1.17. The van der Waals surface area contributed by atoms with Gasteiger partial charge >= 0.3 is 5.97 Å². The van der Waals surface area contributed by atoms with Crippen LogP contribution < -0.4 is 5.32 Å². The molecule has 0 spiro atoms. The zero-order valence-corrected chi connectivity index (χ0v) is 10.2. The van der Waals surface area contributed by atoms with Gasteiger partial charge in [-0.05, 0) is 24.1 Å². The first-order chi connectivity index (χ1) is 7.09. The van der Waals surface area contributed by atoms with E-state index in [-0.39, 0.29) is 6.42 Å². The molecule has 0 amide bonds. The molecule has 1 aromatic carbocycles.